The summed E-state index contributed by atoms with van der Waals surface area (Å²) in [5.41, 5.74) is 4.78. The molecule has 15 N–H and O–H groups in total. The van der Waals surface area contributed by atoms with E-state index in [1.807, 2.05) is 0 Å². The summed E-state index contributed by atoms with van der Waals surface area (Å²) in [5.74, 6) is -8.41. The smallest absolute Gasteiger partial charge is 0.408 e. The number of nitrogens with one attached hydrogen (secondary N) is 5. The number of benzene rings is 1. The second-order valence-electron chi connectivity index (χ2n) is 17.8. The quantitative estimate of drug-likeness (QED) is 0.0404. The van der Waals surface area contributed by atoms with Crippen LogP contribution in [0.2, 0.25) is 0 Å². The molecule has 0 spiro atoms. The van der Waals surface area contributed by atoms with Crippen molar-refractivity contribution in [3.63, 3.8) is 0 Å². The third-order valence-corrected chi connectivity index (χ3v) is 11.6. The van der Waals surface area contributed by atoms with Crippen molar-refractivity contribution in [3.8, 4) is 11.5 Å². The summed E-state index contributed by atoms with van der Waals surface area (Å²) < 4.78 is 14.5. The van der Waals surface area contributed by atoms with Crippen molar-refractivity contribution >= 4 is 53.9 Å². The molecule has 3 aliphatic rings. The molecule has 3 fully saturated rings. The third kappa shape index (κ3) is 14.7. The molecule has 382 valence electrons. The molecular formula is C40H62N8O19S. The zero-order valence-electron chi connectivity index (χ0n) is 37.8. The first kappa shape index (κ1) is 55.5. The lowest BCUT2D eigenvalue weighted by atomic mass is 9.98. The van der Waals surface area contributed by atoms with E-state index in [4.69, 9.17) is 19.9 Å². The number of nitrogens with zero attached hydrogens (tertiary/aromatic N) is 2. The molecule has 27 nitrogen and oxygen atoms in total. The number of aliphatic hydroxyl groups excluding tert-OH is 6. The van der Waals surface area contributed by atoms with Gasteiger partial charge in [-0.3, -0.25) is 28.8 Å². The van der Waals surface area contributed by atoms with Crippen molar-refractivity contribution in [2.24, 2.45) is 11.7 Å². The molecule has 1 aromatic carbocycles. The third-order valence-electron chi connectivity index (χ3n) is 11.2. The highest BCUT2D eigenvalue weighted by Crippen LogP contribution is 2.31. The summed E-state index contributed by atoms with van der Waals surface area (Å²) in [5, 5.41) is 101. The highest BCUT2D eigenvalue weighted by molar-refractivity contribution is 7.90. The summed E-state index contributed by atoms with van der Waals surface area (Å²) in [6.45, 7) is 5.50. The maximum atomic E-state index is 14.5. The summed E-state index contributed by atoms with van der Waals surface area (Å²) in [7, 11) is 0. The predicted molar refractivity (Wildman–Crippen MR) is 232 cm³/mol. The number of fused-ring (bicyclic) bond motifs is 2. The Morgan fingerprint density at radius 3 is 2.16 bits per heavy atom. The number of ether oxygens (including phenoxy) is 1. The van der Waals surface area contributed by atoms with Crippen LogP contribution in [0.3, 0.4) is 0 Å². The summed E-state index contributed by atoms with van der Waals surface area (Å²) in [4.78, 5) is 99.8. The number of β-amino-alcohol motifs (C(OH)–C–C–N with tert-alkyl or cyclic N) is 1. The van der Waals surface area contributed by atoms with Gasteiger partial charge in [0.15, 0.2) is 11.5 Å². The van der Waals surface area contributed by atoms with Gasteiger partial charge in [-0.05, 0) is 58.4 Å². The van der Waals surface area contributed by atoms with E-state index in [1.54, 1.807) is 0 Å². The van der Waals surface area contributed by atoms with E-state index in [-0.39, 0.29) is 43.1 Å². The van der Waals surface area contributed by atoms with Crippen molar-refractivity contribution in [1.82, 2.24) is 36.4 Å². The monoisotopic (exact) mass is 990 g/mol. The minimum absolute atomic E-state index is 0.0813. The van der Waals surface area contributed by atoms with Crippen LogP contribution in [-0.2, 0) is 49.3 Å². The average molecular weight is 991 g/mol. The molecule has 0 unspecified atom stereocenters. The van der Waals surface area contributed by atoms with Crippen LogP contribution in [-0.4, -0.2) is 197 Å². The van der Waals surface area contributed by atoms with Crippen molar-refractivity contribution in [2.75, 3.05) is 26.2 Å². The molecule has 0 bridgehead atoms. The SMILES string of the molecule is C[C@@H](O)[C@@H]1NC(=O)[C@@H](NC(=O)OC(C)(C)C)C[C@@H](O)CNC(=O)[C@@H]2[C@@H](O)[C@@H](C)CN2C(=O)[C@H]([C@H](O)CCN)NC(=O)[C@H]([C@H](O)Cc2ccc(O)c(OSOOO)c2)NC(=O)[C@@H]2C[C@@H](O)CN2C1=O. The second-order valence-corrected chi connectivity index (χ2v) is 18.3. The summed E-state index contributed by atoms with van der Waals surface area (Å²) >= 11 is 0.0813. The Morgan fingerprint density at radius 1 is 0.882 bits per heavy atom. The topological polar surface area (TPSA) is 411 Å². The number of carbonyl (C=O) groups is 7. The molecule has 4 rings (SSSR count). The molecule has 7 amide bonds. The number of aliphatic hydroxyl groups is 6. The standard InChI is InChI=1S/C40H62N8O19S/c1-17-15-48-31(32(17)55)36(59)42-14-20(50)12-22(43-39(62)64-40(3,4)5)33(56)44-28(18(2)49)37(60)47-16-21(51)13-23(47)34(57)45-29(35(58)46-30(38(48)61)25(53)8-9-41)26(54)10-19-6-7-24(52)27(11-19)65-68-67-66-63/h6-7,11,17-18,20-23,25-26,28-32,49-55,63H,8-10,12-16,41H2,1-5H3,(H,42,59)(H,43,62)(H,44,56)(H,45,57)(H,46,58)/t17-,18+,20+,21+,22-,23-,25+,26+,28-,29-,30-,31-,32-/m0/s1. The van der Waals surface area contributed by atoms with E-state index in [0.29, 0.717) is 0 Å². The molecule has 28 heteroatoms. The van der Waals surface area contributed by atoms with Crippen LogP contribution in [0.25, 0.3) is 0 Å². The van der Waals surface area contributed by atoms with E-state index in [2.05, 4.69) is 36.0 Å². The van der Waals surface area contributed by atoms with Crippen molar-refractivity contribution in [2.45, 2.75) is 139 Å². The van der Waals surface area contributed by atoms with Gasteiger partial charge in [-0.2, -0.15) is 0 Å². The number of aromatic hydroxyl groups is 1. The molecule has 1 aromatic rings. The van der Waals surface area contributed by atoms with Gasteiger partial charge in [0.05, 0.1) is 36.6 Å². The van der Waals surface area contributed by atoms with Crippen LogP contribution in [0.5, 0.6) is 11.5 Å². The van der Waals surface area contributed by atoms with Crippen LogP contribution in [0.1, 0.15) is 59.4 Å². The van der Waals surface area contributed by atoms with E-state index in [1.165, 1.54) is 39.8 Å². The van der Waals surface area contributed by atoms with E-state index >= 15 is 0 Å². The number of hydrogen-bond acceptors (Lipinski definition) is 21. The van der Waals surface area contributed by atoms with E-state index in [9.17, 15) is 69.3 Å². The fourth-order valence-corrected chi connectivity index (χ4v) is 8.14. The summed E-state index contributed by atoms with van der Waals surface area (Å²) in [6, 6.07) is -7.41. The highest BCUT2D eigenvalue weighted by atomic mass is 32.2. The van der Waals surface area contributed by atoms with Gasteiger partial charge >= 0.3 is 6.09 Å². The van der Waals surface area contributed by atoms with Crippen LogP contribution in [0, 0.1) is 5.92 Å². The molecule has 0 radical (unpaired) electrons. The Labute approximate surface area is 394 Å². The molecule has 0 saturated carbocycles. The first-order chi connectivity index (χ1) is 31.9. The number of amides is 7. The van der Waals surface area contributed by atoms with Gasteiger partial charge in [0.1, 0.15) is 41.9 Å². The van der Waals surface area contributed by atoms with Crippen LogP contribution in [0.15, 0.2) is 18.2 Å². The molecule has 0 aliphatic carbocycles. The lowest BCUT2D eigenvalue weighted by molar-refractivity contribution is -0.433. The minimum atomic E-state index is -2.08. The largest absolute Gasteiger partial charge is 0.504 e. The molecular weight excluding hydrogens is 929 g/mol. The Balaban J connectivity index is 1.83. The predicted octanol–water partition coefficient (Wildman–Crippen LogP) is -4.85. The zero-order valence-corrected chi connectivity index (χ0v) is 38.7. The molecule has 13 atom stereocenters. The number of phenolic OH excluding ortho intramolecular Hbond substituents is 1. The van der Waals surface area contributed by atoms with Crippen LogP contribution >= 0.6 is 12.3 Å². The van der Waals surface area contributed by atoms with Gasteiger partial charge in [0.25, 0.3) is 12.3 Å². The van der Waals surface area contributed by atoms with Gasteiger partial charge in [-0.25, -0.2) is 10.1 Å². The van der Waals surface area contributed by atoms with E-state index < -0.39 is 164 Å². The average Bonchev–Trinajstić information content (AvgIpc) is 3.80. The van der Waals surface area contributed by atoms with Crippen LogP contribution in [0.4, 0.5) is 4.79 Å². The number of alkyl carbamates (subject to hydrolysis) is 1. The van der Waals surface area contributed by atoms with E-state index in [0.717, 1.165) is 22.8 Å². The van der Waals surface area contributed by atoms with Gasteiger partial charge in [-0.15, -0.1) is 0 Å². The van der Waals surface area contributed by atoms with Gasteiger partial charge in [-0.1, -0.05) is 22.4 Å². The maximum absolute atomic E-state index is 14.5. The van der Waals surface area contributed by atoms with Gasteiger partial charge in [0, 0.05) is 44.8 Å². The Hall–Kier alpha value is -5.14. The fourth-order valence-electron chi connectivity index (χ4n) is 7.88. The van der Waals surface area contributed by atoms with Crippen molar-refractivity contribution in [3.05, 3.63) is 23.8 Å². The first-order valence-electron chi connectivity index (χ1n) is 21.6. The van der Waals surface area contributed by atoms with Crippen LogP contribution < -0.4 is 36.5 Å². The first-order valence-corrected chi connectivity index (χ1v) is 22.2. The fraction of sp³-hybridized carbons (Fsp3) is 0.675. The lowest BCUT2D eigenvalue weighted by Gasteiger charge is -2.34. The molecule has 0 aromatic heterocycles. The lowest BCUT2D eigenvalue weighted by Crippen LogP contribution is -2.64. The highest BCUT2D eigenvalue weighted by Gasteiger charge is 2.49. The molecule has 3 saturated heterocycles. The second kappa shape index (κ2) is 24.4. The normalized spacial score (nSPS) is 29.5. The van der Waals surface area contributed by atoms with Crippen molar-refractivity contribution < 1.29 is 92.9 Å². The summed E-state index contributed by atoms with van der Waals surface area (Å²) in [6.07, 6.45) is -13.1. The molecule has 3 aliphatic heterocycles. The van der Waals surface area contributed by atoms with Gasteiger partial charge in [0.2, 0.25) is 35.4 Å². The molecule has 3 heterocycles. The van der Waals surface area contributed by atoms with Crippen molar-refractivity contribution in [1.29, 1.82) is 0 Å². The number of nitrogens with two attached hydrogens (primary N) is 1. The number of carbonyl (C=O) groups excluding carboxylic acids is 7. The Kier molecular flexibility index (Phi) is 19.9. The zero-order chi connectivity index (χ0) is 50.8. The Morgan fingerprint density at radius 2 is 1.53 bits per heavy atom. The number of hydrogen-bond donors (Lipinski definition) is 14. The Bertz CT molecular complexity index is 1960. The maximum Gasteiger partial charge on any atom is 0.408 e. The van der Waals surface area contributed by atoms with Gasteiger partial charge < -0.3 is 86.8 Å². The number of phenols is 1. The minimum Gasteiger partial charge on any atom is -0.504 e. The number of rotatable bonds is 12. The molecule has 68 heavy (non-hydrogen) atoms.